The van der Waals surface area contributed by atoms with E-state index in [2.05, 4.69) is 5.11 Å². The van der Waals surface area contributed by atoms with Crippen LogP contribution in [0.4, 0.5) is 5.69 Å². The van der Waals surface area contributed by atoms with Crippen LogP contribution in [0.5, 0.6) is 11.5 Å². The third-order valence-electron chi connectivity index (χ3n) is 2.63. The fourth-order valence-electron chi connectivity index (χ4n) is 1.65. The van der Waals surface area contributed by atoms with Crippen molar-refractivity contribution in [3.8, 4) is 11.5 Å². The van der Waals surface area contributed by atoms with Crippen molar-refractivity contribution in [1.29, 1.82) is 5.53 Å². The molecular weight excluding hydrogens is 296 g/mol. The van der Waals surface area contributed by atoms with Crippen molar-refractivity contribution in [3.05, 3.63) is 41.4 Å². The molecule has 2 aromatic rings. The molecule has 0 saturated carbocycles. The van der Waals surface area contributed by atoms with Crippen LogP contribution in [0, 0.1) is 5.53 Å². The van der Waals surface area contributed by atoms with E-state index in [-0.39, 0.29) is 0 Å². The lowest BCUT2D eigenvalue weighted by Gasteiger charge is -2.12. The van der Waals surface area contributed by atoms with Gasteiger partial charge in [0.2, 0.25) is 0 Å². The zero-order valence-corrected chi connectivity index (χ0v) is 12.6. The Bertz CT molecular complexity index is 617. The van der Waals surface area contributed by atoms with E-state index in [1.54, 1.807) is 20.3 Å². The first-order valence-corrected chi connectivity index (χ1v) is 6.94. The lowest BCUT2D eigenvalue weighted by atomic mass is 10.3. The number of halogens is 1. The minimum atomic E-state index is 0.435. The van der Waals surface area contributed by atoms with Crippen molar-refractivity contribution in [3.63, 3.8) is 0 Å². The molecule has 0 spiro atoms. The first-order chi connectivity index (χ1) is 9.67. The van der Waals surface area contributed by atoms with Crippen LogP contribution < -0.4 is 9.47 Å². The minimum Gasteiger partial charge on any atom is -0.495 e. The number of hydrogen-bond donors (Lipinski definition) is 1. The largest absolute Gasteiger partial charge is 0.495 e. The van der Waals surface area contributed by atoms with Crippen molar-refractivity contribution < 1.29 is 9.47 Å². The van der Waals surface area contributed by atoms with Gasteiger partial charge in [-0.15, -0.1) is 0 Å². The van der Waals surface area contributed by atoms with Crippen molar-refractivity contribution in [2.24, 2.45) is 5.11 Å². The van der Waals surface area contributed by atoms with Crippen molar-refractivity contribution in [2.45, 2.75) is 9.79 Å². The summed E-state index contributed by atoms with van der Waals surface area (Å²) in [6.07, 6.45) is 0. The van der Waals surface area contributed by atoms with Crippen LogP contribution in [0.1, 0.15) is 0 Å². The van der Waals surface area contributed by atoms with Gasteiger partial charge in [0.15, 0.2) is 0 Å². The van der Waals surface area contributed by atoms with E-state index in [1.807, 2.05) is 30.3 Å². The van der Waals surface area contributed by atoms with Crippen LogP contribution in [0.25, 0.3) is 0 Å². The van der Waals surface area contributed by atoms with Gasteiger partial charge in [-0.1, -0.05) is 23.4 Å². The Kier molecular flexibility index (Phi) is 4.87. The molecule has 2 aromatic carbocycles. The number of rotatable bonds is 5. The molecule has 1 N–H and O–H groups in total. The Morgan fingerprint density at radius 3 is 2.25 bits per heavy atom. The molecule has 4 nitrogen and oxygen atoms in total. The topological polar surface area (TPSA) is 54.7 Å². The minimum absolute atomic E-state index is 0.435. The first-order valence-electron chi connectivity index (χ1n) is 5.75. The van der Waals surface area contributed by atoms with Gasteiger partial charge < -0.3 is 9.47 Å². The lowest BCUT2D eigenvalue weighted by Crippen LogP contribution is -1.90. The maximum absolute atomic E-state index is 7.14. The molecule has 104 valence electrons. The van der Waals surface area contributed by atoms with E-state index in [0.717, 1.165) is 9.79 Å². The average molecular weight is 309 g/mol. The molecule has 0 aliphatic heterocycles. The molecule has 0 unspecified atom stereocenters. The molecule has 0 fully saturated rings. The van der Waals surface area contributed by atoms with Gasteiger partial charge in [0.25, 0.3) is 0 Å². The molecule has 0 saturated heterocycles. The molecule has 0 aliphatic carbocycles. The van der Waals surface area contributed by atoms with Crippen molar-refractivity contribution >= 4 is 29.1 Å². The molecule has 0 heterocycles. The molecular formula is C14H13ClN2O2S. The molecule has 20 heavy (non-hydrogen) atoms. The van der Waals surface area contributed by atoms with Crippen LogP contribution in [0.3, 0.4) is 0 Å². The second-order valence-corrected chi connectivity index (χ2v) is 5.39. The summed E-state index contributed by atoms with van der Waals surface area (Å²) in [5.74, 6) is 1.19. The maximum atomic E-state index is 7.14. The maximum Gasteiger partial charge on any atom is 0.147 e. The van der Waals surface area contributed by atoms with Gasteiger partial charge in [-0.05, 0) is 24.3 Å². The summed E-state index contributed by atoms with van der Waals surface area (Å²) in [4.78, 5) is 1.92. The van der Waals surface area contributed by atoms with Gasteiger partial charge in [0, 0.05) is 22.1 Å². The second kappa shape index (κ2) is 6.63. The Hall–Kier alpha value is -1.72. The van der Waals surface area contributed by atoms with Gasteiger partial charge in [-0.2, -0.15) is 5.11 Å². The summed E-state index contributed by atoms with van der Waals surface area (Å²) in [5.41, 5.74) is 7.58. The summed E-state index contributed by atoms with van der Waals surface area (Å²) in [6, 6.07) is 11.0. The Morgan fingerprint density at radius 1 is 1.05 bits per heavy atom. The summed E-state index contributed by atoms with van der Waals surface area (Å²) >= 11 is 7.40. The highest BCUT2D eigenvalue weighted by molar-refractivity contribution is 7.99. The van der Waals surface area contributed by atoms with E-state index in [9.17, 15) is 0 Å². The van der Waals surface area contributed by atoms with Crippen LogP contribution in [-0.4, -0.2) is 14.2 Å². The van der Waals surface area contributed by atoms with Crippen LogP contribution in [-0.2, 0) is 0 Å². The van der Waals surface area contributed by atoms with Gasteiger partial charge in [-0.25, -0.2) is 5.53 Å². The predicted molar refractivity (Wildman–Crippen MR) is 79.9 cm³/mol. The molecule has 2 rings (SSSR count). The van der Waals surface area contributed by atoms with E-state index in [4.69, 9.17) is 26.6 Å². The number of nitrogens with one attached hydrogen (secondary N) is 1. The fraction of sp³-hybridized carbons (Fsp3) is 0.143. The highest BCUT2D eigenvalue weighted by atomic mass is 35.5. The van der Waals surface area contributed by atoms with Gasteiger partial charge >= 0.3 is 0 Å². The van der Waals surface area contributed by atoms with E-state index in [0.29, 0.717) is 22.2 Å². The zero-order valence-electron chi connectivity index (χ0n) is 11.0. The number of ether oxygens (including phenoxy) is 2. The second-order valence-electron chi connectivity index (χ2n) is 3.84. The monoisotopic (exact) mass is 308 g/mol. The third-order valence-corrected chi connectivity index (χ3v) is 3.93. The highest BCUT2D eigenvalue weighted by Gasteiger charge is 2.12. The summed E-state index contributed by atoms with van der Waals surface area (Å²) < 4.78 is 10.6. The van der Waals surface area contributed by atoms with Crippen LogP contribution in [0.15, 0.2) is 51.3 Å². The number of benzene rings is 2. The lowest BCUT2D eigenvalue weighted by molar-refractivity contribution is 0.395. The van der Waals surface area contributed by atoms with Gasteiger partial charge in [0.05, 0.1) is 19.1 Å². The Balaban J connectivity index is 2.39. The van der Waals surface area contributed by atoms with Crippen LogP contribution >= 0.6 is 23.4 Å². The summed E-state index contributed by atoms with van der Waals surface area (Å²) in [6.45, 7) is 0. The van der Waals surface area contributed by atoms with E-state index < -0.39 is 0 Å². The highest BCUT2D eigenvalue weighted by Crippen LogP contribution is 2.42. The standard InChI is InChI=1S/C14H13ClN2O2S/c1-18-12-8-14(13(19-2)7-11(12)17-16)20-10-5-3-9(15)4-6-10/h3-8,16H,1-2H3. The quantitative estimate of drug-likeness (QED) is 0.775. The molecule has 0 bridgehead atoms. The van der Waals surface area contributed by atoms with Crippen molar-refractivity contribution in [2.75, 3.05) is 14.2 Å². The Morgan fingerprint density at radius 2 is 1.70 bits per heavy atom. The first kappa shape index (κ1) is 14.7. The van der Waals surface area contributed by atoms with E-state index in [1.165, 1.54) is 11.8 Å². The van der Waals surface area contributed by atoms with Gasteiger partial charge in [-0.3, -0.25) is 0 Å². The number of methoxy groups -OCH3 is 2. The molecule has 0 amide bonds. The fourth-order valence-corrected chi connectivity index (χ4v) is 2.71. The normalized spacial score (nSPS) is 10.2. The average Bonchev–Trinajstić information content (AvgIpc) is 2.49. The molecule has 6 heteroatoms. The Labute approximate surface area is 126 Å². The smallest absolute Gasteiger partial charge is 0.147 e. The SMILES string of the molecule is COc1cc(Sc2ccc(Cl)cc2)c(OC)cc1N=N. The number of nitrogens with zero attached hydrogens (tertiary/aromatic N) is 1. The van der Waals surface area contributed by atoms with Crippen molar-refractivity contribution in [1.82, 2.24) is 0 Å². The van der Waals surface area contributed by atoms with E-state index >= 15 is 0 Å². The predicted octanol–water partition coefficient (Wildman–Crippen LogP) is 5.17. The molecule has 0 aliphatic rings. The van der Waals surface area contributed by atoms with Gasteiger partial charge in [0.1, 0.15) is 17.2 Å². The molecule has 0 aromatic heterocycles. The summed E-state index contributed by atoms with van der Waals surface area (Å²) in [5, 5.41) is 4.12. The summed E-state index contributed by atoms with van der Waals surface area (Å²) in [7, 11) is 3.13. The number of hydrogen-bond acceptors (Lipinski definition) is 5. The zero-order chi connectivity index (χ0) is 14.5. The molecule has 0 radical (unpaired) electrons. The third kappa shape index (κ3) is 3.23. The van der Waals surface area contributed by atoms with Crippen LogP contribution in [0.2, 0.25) is 5.02 Å². The molecule has 0 atom stereocenters.